The molecule has 0 saturated carbocycles. The Bertz CT molecular complexity index is 887. The van der Waals surface area contributed by atoms with E-state index in [2.05, 4.69) is 5.32 Å². The Labute approximate surface area is 172 Å². The number of benzene rings is 1. The van der Waals surface area contributed by atoms with E-state index in [1.807, 2.05) is 75.7 Å². The van der Waals surface area contributed by atoms with E-state index < -0.39 is 5.60 Å². The predicted octanol–water partition coefficient (Wildman–Crippen LogP) is 4.93. The number of hydrogen-bond donors (Lipinski definition) is 1. The normalized spacial score (nSPS) is 15.3. The van der Waals surface area contributed by atoms with Crippen molar-refractivity contribution in [1.82, 2.24) is 9.47 Å². The highest BCUT2D eigenvalue weighted by molar-refractivity contribution is 6.03. The first kappa shape index (κ1) is 21.0. The zero-order valence-electron chi connectivity index (χ0n) is 18.0. The topological polar surface area (TPSA) is 63.6 Å². The first-order valence-corrected chi connectivity index (χ1v) is 10.2. The fraction of sp³-hybridized carbons (Fsp3) is 0.478. The highest BCUT2D eigenvalue weighted by atomic mass is 16.6. The van der Waals surface area contributed by atoms with Crippen LogP contribution in [0, 0.1) is 13.8 Å². The zero-order chi connectivity index (χ0) is 21.2. The molecule has 1 fully saturated rings. The van der Waals surface area contributed by atoms with E-state index in [9.17, 15) is 9.59 Å². The van der Waals surface area contributed by atoms with Gasteiger partial charge in [0.1, 0.15) is 11.3 Å². The van der Waals surface area contributed by atoms with Gasteiger partial charge in [-0.2, -0.15) is 0 Å². The summed E-state index contributed by atoms with van der Waals surface area (Å²) in [5.74, 6) is -0.113. The number of carbonyl (C=O) groups excluding carboxylic acids is 2. The van der Waals surface area contributed by atoms with Gasteiger partial charge in [0.05, 0.1) is 0 Å². The van der Waals surface area contributed by atoms with Crippen LogP contribution in [0.25, 0.3) is 0 Å². The summed E-state index contributed by atoms with van der Waals surface area (Å²) in [7, 11) is 0. The van der Waals surface area contributed by atoms with Crippen LogP contribution in [0.3, 0.4) is 0 Å². The molecule has 1 aliphatic rings. The number of amides is 2. The standard InChI is InChI=1S/C23H31N3O3/c1-16-8-9-17(2)19(15-16)24-21(27)20-7-6-12-26(20)18-10-13-25(14-11-18)22(28)29-23(3,4)5/h6-9,12,15,18H,10-11,13-14H2,1-5H3,(H,24,27). The highest BCUT2D eigenvalue weighted by Crippen LogP contribution is 2.26. The van der Waals surface area contributed by atoms with E-state index in [1.54, 1.807) is 4.90 Å². The van der Waals surface area contributed by atoms with Gasteiger partial charge in [-0.05, 0) is 76.8 Å². The van der Waals surface area contributed by atoms with E-state index in [1.165, 1.54) is 0 Å². The molecule has 1 aliphatic heterocycles. The van der Waals surface area contributed by atoms with Crippen LogP contribution in [0.15, 0.2) is 36.5 Å². The van der Waals surface area contributed by atoms with Crippen LogP contribution in [-0.2, 0) is 4.74 Å². The molecule has 2 aromatic rings. The molecule has 2 amide bonds. The largest absolute Gasteiger partial charge is 0.444 e. The lowest BCUT2D eigenvalue weighted by molar-refractivity contribution is 0.0187. The van der Waals surface area contributed by atoms with Gasteiger partial charge in [-0.15, -0.1) is 0 Å². The molecular formula is C23H31N3O3. The third-order valence-electron chi connectivity index (χ3n) is 5.16. The number of nitrogens with one attached hydrogen (secondary N) is 1. The van der Waals surface area contributed by atoms with Crippen molar-refractivity contribution in [3.05, 3.63) is 53.3 Å². The predicted molar refractivity (Wildman–Crippen MR) is 114 cm³/mol. The maximum Gasteiger partial charge on any atom is 0.410 e. The number of carbonyl (C=O) groups is 2. The number of aromatic nitrogens is 1. The van der Waals surface area contributed by atoms with E-state index >= 15 is 0 Å². The van der Waals surface area contributed by atoms with Crippen molar-refractivity contribution in [1.29, 1.82) is 0 Å². The zero-order valence-corrected chi connectivity index (χ0v) is 18.0. The van der Waals surface area contributed by atoms with E-state index in [0.717, 1.165) is 29.7 Å². The van der Waals surface area contributed by atoms with Crippen molar-refractivity contribution >= 4 is 17.7 Å². The summed E-state index contributed by atoms with van der Waals surface area (Å²) in [5.41, 5.74) is 3.13. The fourth-order valence-corrected chi connectivity index (χ4v) is 3.61. The Morgan fingerprint density at radius 3 is 2.45 bits per heavy atom. The highest BCUT2D eigenvalue weighted by Gasteiger charge is 2.28. The van der Waals surface area contributed by atoms with Gasteiger partial charge in [0.15, 0.2) is 0 Å². The molecule has 3 rings (SSSR count). The summed E-state index contributed by atoms with van der Waals surface area (Å²) in [5, 5.41) is 3.04. The average Bonchev–Trinajstić information content (AvgIpc) is 3.13. The summed E-state index contributed by atoms with van der Waals surface area (Å²) in [6, 6.07) is 9.96. The first-order chi connectivity index (χ1) is 13.6. The third-order valence-corrected chi connectivity index (χ3v) is 5.16. The molecule has 0 aliphatic carbocycles. The van der Waals surface area contributed by atoms with Crippen LogP contribution in [0.4, 0.5) is 10.5 Å². The van der Waals surface area contributed by atoms with Gasteiger partial charge in [-0.3, -0.25) is 4.79 Å². The number of aryl methyl sites for hydroxylation is 2. The molecule has 1 aromatic heterocycles. The third kappa shape index (κ3) is 5.19. The average molecular weight is 398 g/mol. The van der Waals surface area contributed by atoms with Crippen molar-refractivity contribution < 1.29 is 14.3 Å². The molecule has 2 heterocycles. The maximum absolute atomic E-state index is 12.9. The van der Waals surface area contributed by atoms with Crippen LogP contribution in [0.5, 0.6) is 0 Å². The summed E-state index contributed by atoms with van der Waals surface area (Å²) in [6.45, 7) is 10.9. The minimum atomic E-state index is -0.493. The summed E-state index contributed by atoms with van der Waals surface area (Å²) in [4.78, 5) is 26.9. The smallest absolute Gasteiger partial charge is 0.410 e. The molecule has 29 heavy (non-hydrogen) atoms. The number of nitrogens with zero attached hydrogens (tertiary/aromatic N) is 2. The molecule has 6 nitrogen and oxygen atoms in total. The SMILES string of the molecule is Cc1ccc(C)c(NC(=O)c2cccn2C2CCN(C(=O)OC(C)(C)C)CC2)c1. The Morgan fingerprint density at radius 1 is 1.10 bits per heavy atom. The van der Waals surface area contributed by atoms with Crippen LogP contribution < -0.4 is 5.32 Å². The van der Waals surface area contributed by atoms with Gasteiger partial charge >= 0.3 is 6.09 Å². The van der Waals surface area contributed by atoms with Gasteiger partial charge in [0.2, 0.25) is 0 Å². The molecule has 0 bridgehead atoms. The van der Waals surface area contributed by atoms with E-state index in [0.29, 0.717) is 18.8 Å². The fourth-order valence-electron chi connectivity index (χ4n) is 3.61. The van der Waals surface area contributed by atoms with Crippen molar-refractivity contribution in [2.24, 2.45) is 0 Å². The Hall–Kier alpha value is -2.76. The molecule has 1 saturated heterocycles. The van der Waals surface area contributed by atoms with Crippen LogP contribution in [-0.4, -0.2) is 40.2 Å². The van der Waals surface area contributed by atoms with E-state index in [-0.39, 0.29) is 18.0 Å². The summed E-state index contributed by atoms with van der Waals surface area (Å²) < 4.78 is 7.50. The van der Waals surface area contributed by atoms with Crippen LogP contribution in [0.2, 0.25) is 0 Å². The first-order valence-electron chi connectivity index (χ1n) is 10.2. The van der Waals surface area contributed by atoms with Crippen molar-refractivity contribution in [2.45, 2.75) is 59.1 Å². The van der Waals surface area contributed by atoms with Crippen LogP contribution >= 0.6 is 0 Å². The number of ether oxygens (including phenoxy) is 1. The molecule has 0 spiro atoms. The molecular weight excluding hydrogens is 366 g/mol. The molecule has 0 atom stereocenters. The lowest BCUT2D eigenvalue weighted by Crippen LogP contribution is -2.42. The van der Waals surface area contributed by atoms with Gasteiger partial charge < -0.3 is 19.5 Å². The van der Waals surface area contributed by atoms with E-state index in [4.69, 9.17) is 4.74 Å². The second-order valence-corrected chi connectivity index (χ2v) is 8.77. The van der Waals surface area contributed by atoms with Gasteiger partial charge in [0.25, 0.3) is 5.91 Å². The van der Waals surface area contributed by atoms with Gasteiger partial charge in [-0.1, -0.05) is 12.1 Å². The molecule has 6 heteroatoms. The summed E-state index contributed by atoms with van der Waals surface area (Å²) >= 11 is 0. The van der Waals surface area contributed by atoms with Crippen molar-refractivity contribution in [3.63, 3.8) is 0 Å². The minimum absolute atomic E-state index is 0.113. The van der Waals surface area contributed by atoms with Crippen LogP contribution in [0.1, 0.15) is 61.3 Å². The number of likely N-dealkylation sites (tertiary alicyclic amines) is 1. The number of anilines is 1. The van der Waals surface area contributed by atoms with Crippen molar-refractivity contribution in [3.8, 4) is 0 Å². The minimum Gasteiger partial charge on any atom is -0.444 e. The summed E-state index contributed by atoms with van der Waals surface area (Å²) in [6.07, 6.45) is 3.26. The monoisotopic (exact) mass is 397 g/mol. The maximum atomic E-state index is 12.9. The Kier molecular flexibility index (Phi) is 6.01. The number of piperidine rings is 1. The quantitative estimate of drug-likeness (QED) is 0.799. The lowest BCUT2D eigenvalue weighted by Gasteiger charge is -2.34. The molecule has 0 unspecified atom stereocenters. The molecule has 1 aromatic carbocycles. The number of rotatable bonds is 3. The van der Waals surface area contributed by atoms with Gasteiger partial charge in [-0.25, -0.2) is 4.79 Å². The second-order valence-electron chi connectivity index (χ2n) is 8.77. The van der Waals surface area contributed by atoms with Gasteiger partial charge in [0, 0.05) is 31.0 Å². The molecule has 1 N–H and O–H groups in total. The Balaban J connectivity index is 1.66. The Morgan fingerprint density at radius 2 is 1.79 bits per heavy atom. The number of hydrogen-bond acceptors (Lipinski definition) is 3. The lowest BCUT2D eigenvalue weighted by atomic mass is 10.0. The second kappa shape index (κ2) is 8.31. The molecule has 156 valence electrons. The molecule has 0 radical (unpaired) electrons. The van der Waals surface area contributed by atoms with Crippen molar-refractivity contribution in [2.75, 3.05) is 18.4 Å².